The third-order valence-corrected chi connectivity index (χ3v) is 1.97. The fraction of sp³-hybridized carbons (Fsp3) is 0.300. The molecule has 1 atom stereocenters. The summed E-state index contributed by atoms with van der Waals surface area (Å²) in [7, 11) is 1.39. The minimum atomic E-state index is -0.473. The number of rotatable bonds is 3. The molecule has 0 saturated carbocycles. The van der Waals surface area contributed by atoms with Gasteiger partial charge in [-0.2, -0.15) is 5.26 Å². The second-order valence-electron chi connectivity index (χ2n) is 2.81. The van der Waals surface area contributed by atoms with E-state index in [0.717, 1.165) is 0 Å². The standard InChI is InChI=1S/C10H11FN2O/c1-14-10-3-2-7(4-9(10)11)8(5-12)6-13/h2-4,8H,5,12H2,1H3. The number of hydrogen-bond acceptors (Lipinski definition) is 3. The van der Waals surface area contributed by atoms with Gasteiger partial charge in [0.25, 0.3) is 0 Å². The number of nitrogens with zero attached hydrogens (tertiary/aromatic N) is 1. The van der Waals surface area contributed by atoms with Crippen molar-refractivity contribution in [3.8, 4) is 11.8 Å². The molecule has 0 radical (unpaired) electrons. The Labute approximate surface area is 81.9 Å². The predicted molar refractivity (Wildman–Crippen MR) is 50.4 cm³/mol. The first-order valence-electron chi connectivity index (χ1n) is 4.16. The van der Waals surface area contributed by atoms with Crippen LogP contribution in [0.15, 0.2) is 18.2 Å². The zero-order valence-corrected chi connectivity index (χ0v) is 7.83. The molecule has 0 heterocycles. The van der Waals surface area contributed by atoms with Crippen molar-refractivity contribution in [2.45, 2.75) is 5.92 Å². The van der Waals surface area contributed by atoms with Crippen LogP contribution in [0.25, 0.3) is 0 Å². The molecule has 74 valence electrons. The first-order chi connectivity index (χ1) is 6.72. The highest BCUT2D eigenvalue weighted by Gasteiger charge is 2.11. The molecule has 14 heavy (non-hydrogen) atoms. The van der Waals surface area contributed by atoms with Crippen LogP contribution in [-0.2, 0) is 0 Å². The van der Waals surface area contributed by atoms with Gasteiger partial charge < -0.3 is 10.5 Å². The van der Waals surface area contributed by atoms with Crippen LogP contribution in [0.1, 0.15) is 11.5 Å². The molecule has 0 bridgehead atoms. The SMILES string of the molecule is COc1ccc(C(C#N)CN)cc1F. The van der Waals surface area contributed by atoms with Crippen molar-refractivity contribution in [3.63, 3.8) is 0 Å². The lowest BCUT2D eigenvalue weighted by molar-refractivity contribution is 0.386. The van der Waals surface area contributed by atoms with Gasteiger partial charge in [-0.05, 0) is 17.7 Å². The molecule has 1 aromatic rings. The van der Waals surface area contributed by atoms with Crippen LogP contribution < -0.4 is 10.5 Å². The van der Waals surface area contributed by atoms with E-state index in [9.17, 15) is 4.39 Å². The van der Waals surface area contributed by atoms with E-state index in [-0.39, 0.29) is 12.3 Å². The van der Waals surface area contributed by atoms with Crippen LogP contribution in [0.2, 0.25) is 0 Å². The summed E-state index contributed by atoms with van der Waals surface area (Å²) in [5.74, 6) is -0.767. The van der Waals surface area contributed by atoms with Gasteiger partial charge in [0.1, 0.15) is 0 Å². The van der Waals surface area contributed by atoms with Crippen molar-refractivity contribution in [1.29, 1.82) is 5.26 Å². The van der Waals surface area contributed by atoms with Gasteiger partial charge in [-0.1, -0.05) is 6.07 Å². The zero-order chi connectivity index (χ0) is 10.6. The number of nitriles is 1. The Bertz CT molecular complexity index is 360. The molecule has 0 aromatic heterocycles. The third kappa shape index (κ3) is 2.01. The van der Waals surface area contributed by atoms with Crippen LogP contribution in [0, 0.1) is 17.1 Å². The zero-order valence-electron chi connectivity index (χ0n) is 7.83. The summed E-state index contributed by atoms with van der Waals surface area (Å²) in [5.41, 5.74) is 5.94. The highest BCUT2D eigenvalue weighted by atomic mass is 19.1. The van der Waals surface area contributed by atoms with E-state index in [4.69, 9.17) is 15.7 Å². The molecule has 0 aliphatic heterocycles. The summed E-state index contributed by atoms with van der Waals surface area (Å²) in [4.78, 5) is 0. The molecule has 1 aromatic carbocycles. The minimum Gasteiger partial charge on any atom is -0.494 e. The van der Waals surface area contributed by atoms with Gasteiger partial charge in [0.15, 0.2) is 11.6 Å². The Morgan fingerprint density at radius 3 is 2.79 bits per heavy atom. The van der Waals surface area contributed by atoms with Crippen molar-refractivity contribution in [3.05, 3.63) is 29.6 Å². The van der Waals surface area contributed by atoms with E-state index in [1.54, 1.807) is 6.07 Å². The average Bonchev–Trinajstić information content (AvgIpc) is 2.20. The maximum absolute atomic E-state index is 13.2. The molecule has 0 aliphatic rings. The number of halogens is 1. The first kappa shape index (κ1) is 10.5. The maximum Gasteiger partial charge on any atom is 0.165 e. The fourth-order valence-corrected chi connectivity index (χ4v) is 1.16. The Morgan fingerprint density at radius 2 is 2.36 bits per heavy atom. The van der Waals surface area contributed by atoms with Gasteiger partial charge in [-0.25, -0.2) is 4.39 Å². The van der Waals surface area contributed by atoms with Gasteiger partial charge in [-0.3, -0.25) is 0 Å². The molecule has 0 saturated heterocycles. The highest BCUT2D eigenvalue weighted by Crippen LogP contribution is 2.22. The molecule has 0 spiro atoms. The molecule has 0 aliphatic carbocycles. The molecular formula is C10H11FN2O. The Morgan fingerprint density at radius 1 is 1.64 bits per heavy atom. The second-order valence-corrected chi connectivity index (χ2v) is 2.81. The summed E-state index contributed by atoms with van der Waals surface area (Å²) in [6, 6.07) is 6.41. The maximum atomic E-state index is 13.2. The summed E-state index contributed by atoms with van der Waals surface area (Å²) in [5, 5.41) is 8.71. The van der Waals surface area contributed by atoms with E-state index < -0.39 is 11.7 Å². The Hall–Kier alpha value is -1.60. The summed E-state index contributed by atoms with van der Waals surface area (Å²) in [6.45, 7) is 0.183. The number of methoxy groups -OCH3 is 1. The van der Waals surface area contributed by atoms with Crippen molar-refractivity contribution >= 4 is 0 Å². The smallest absolute Gasteiger partial charge is 0.165 e. The van der Waals surface area contributed by atoms with E-state index in [0.29, 0.717) is 5.56 Å². The minimum absolute atomic E-state index is 0.169. The second kappa shape index (κ2) is 4.58. The van der Waals surface area contributed by atoms with Crippen molar-refractivity contribution in [2.75, 3.05) is 13.7 Å². The van der Waals surface area contributed by atoms with Crippen LogP contribution in [-0.4, -0.2) is 13.7 Å². The van der Waals surface area contributed by atoms with Crippen LogP contribution in [0.3, 0.4) is 0 Å². The molecule has 3 nitrogen and oxygen atoms in total. The monoisotopic (exact) mass is 194 g/mol. The highest BCUT2D eigenvalue weighted by molar-refractivity contribution is 5.33. The number of nitrogens with two attached hydrogens (primary N) is 1. The average molecular weight is 194 g/mol. The van der Waals surface area contributed by atoms with E-state index in [2.05, 4.69) is 0 Å². The van der Waals surface area contributed by atoms with E-state index in [1.165, 1.54) is 19.2 Å². The molecule has 2 N–H and O–H groups in total. The van der Waals surface area contributed by atoms with Crippen LogP contribution in [0.4, 0.5) is 4.39 Å². The molecule has 0 fully saturated rings. The molecule has 4 heteroatoms. The predicted octanol–water partition coefficient (Wildman–Crippen LogP) is 1.40. The Balaban J connectivity index is 3.03. The molecule has 1 rings (SSSR count). The van der Waals surface area contributed by atoms with Gasteiger partial charge >= 0.3 is 0 Å². The van der Waals surface area contributed by atoms with Crippen molar-refractivity contribution in [2.24, 2.45) is 5.73 Å². The van der Waals surface area contributed by atoms with Crippen LogP contribution >= 0.6 is 0 Å². The van der Waals surface area contributed by atoms with Crippen molar-refractivity contribution < 1.29 is 9.13 Å². The van der Waals surface area contributed by atoms with E-state index >= 15 is 0 Å². The first-order valence-corrected chi connectivity index (χ1v) is 4.16. The molecule has 0 amide bonds. The normalized spacial score (nSPS) is 11.9. The van der Waals surface area contributed by atoms with Gasteiger partial charge in [-0.15, -0.1) is 0 Å². The van der Waals surface area contributed by atoms with Crippen molar-refractivity contribution in [1.82, 2.24) is 0 Å². The lowest BCUT2D eigenvalue weighted by atomic mass is 10.0. The van der Waals surface area contributed by atoms with E-state index in [1.807, 2.05) is 6.07 Å². The number of ether oxygens (including phenoxy) is 1. The summed E-state index contributed by atoms with van der Waals surface area (Å²) < 4.78 is 18.0. The topological polar surface area (TPSA) is 59.0 Å². The van der Waals surface area contributed by atoms with Crippen LogP contribution in [0.5, 0.6) is 5.75 Å². The lowest BCUT2D eigenvalue weighted by Gasteiger charge is -2.08. The Kier molecular flexibility index (Phi) is 3.43. The quantitative estimate of drug-likeness (QED) is 0.791. The summed E-state index contributed by atoms with van der Waals surface area (Å²) in [6.07, 6.45) is 0. The fourth-order valence-electron chi connectivity index (χ4n) is 1.16. The van der Waals surface area contributed by atoms with Gasteiger partial charge in [0.2, 0.25) is 0 Å². The van der Waals surface area contributed by atoms with Gasteiger partial charge in [0, 0.05) is 6.54 Å². The summed E-state index contributed by atoms with van der Waals surface area (Å²) >= 11 is 0. The van der Waals surface area contributed by atoms with Gasteiger partial charge in [0.05, 0.1) is 19.1 Å². The number of hydrogen-bond donors (Lipinski definition) is 1. The lowest BCUT2D eigenvalue weighted by Crippen LogP contribution is -2.10. The largest absolute Gasteiger partial charge is 0.494 e. The third-order valence-electron chi connectivity index (χ3n) is 1.97. The number of benzene rings is 1. The molecular weight excluding hydrogens is 183 g/mol. The molecule has 1 unspecified atom stereocenters.